The van der Waals surface area contributed by atoms with E-state index in [0.717, 1.165) is 16.8 Å². The molecule has 3 N–H and O–H groups in total. The van der Waals surface area contributed by atoms with Gasteiger partial charge >= 0.3 is 0 Å². The van der Waals surface area contributed by atoms with Crippen molar-refractivity contribution in [2.45, 2.75) is 18.4 Å². The predicted octanol–water partition coefficient (Wildman–Crippen LogP) is 2.72. The largest absolute Gasteiger partial charge is 0.356 e. The van der Waals surface area contributed by atoms with Gasteiger partial charge in [-0.25, -0.2) is 4.39 Å². The standard InChI is InChI=1S/C22H28FN5O/c1-24-22(26-14-20(28(2)3)15-7-6-8-17(23)11-15)25-13-16-12-21(29)27-19-10-5-4-9-18(16)19/h4-11,16,20H,12-14H2,1-3H3,(H,27,29)(H2,24,25,26). The monoisotopic (exact) mass is 397 g/mol. The molecule has 29 heavy (non-hydrogen) atoms. The van der Waals surface area contributed by atoms with E-state index in [0.29, 0.717) is 25.5 Å². The Labute approximate surface area is 171 Å². The highest BCUT2D eigenvalue weighted by molar-refractivity contribution is 5.94. The molecule has 1 heterocycles. The summed E-state index contributed by atoms with van der Waals surface area (Å²) in [5.74, 6) is 0.506. The van der Waals surface area contributed by atoms with E-state index in [1.165, 1.54) is 6.07 Å². The van der Waals surface area contributed by atoms with Crippen LogP contribution >= 0.6 is 0 Å². The van der Waals surface area contributed by atoms with Gasteiger partial charge in [-0.05, 0) is 43.4 Å². The quantitative estimate of drug-likeness (QED) is 0.518. The molecule has 0 saturated heterocycles. The zero-order valence-corrected chi connectivity index (χ0v) is 17.1. The van der Waals surface area contributed by atoms with Gasteiger partial charge in [-0.1, -0.05) is 30.3 Å². The van der Waals surface area contributed by atoms with Crippen molar-refractivity contribution in [3.63, 3.8) is 0 Å². The molecule has 3 rings (SSSR count). The fraction of sp³-hybridized carbons (Fsp3) is 0.364. The first-order valence-electron chi connectivity index (χ1n) is 9.73. The van der Waals surface area contributed by atoms with Crippen molar-refractivity contribution in [3.05, 3.63) is 65.5 Å². The van der Waals surface area contributed by atoms with E-state index in [-0.39, 0.29) is 23.7 Å². The van der Waals surface area contributed by atoms with Crippen molar-refractivity contribution in [3.8, 4) is 0 Å². The number of amides is 1. The number of carbonyl (C=O) groups excluding carboxylic acids is 1. The number of guanidine groups is 1. The summed E-state index contributed by atoms with van der Waals surface area (Å²) < 4.78 is 13.6. The number of aliphatic imine (C=N–C) groups is 1. The van der Waals surface area contributed by atoms with Gasteiger partial charge in [0.1, 0.15) is 5.82 Å². The summed E-state index contributed by atoms with van der Waals surface area (Å²) >= 11 is 0. The van der Waals surface area contributed by atoms with Gasteiger partial charge in [0.25, 0.3) is 0 Å². The molecule has 1 aliphatic rings. The van der Waals surface area contributed by atoms with E-state index in [1.807, 2.05) is 49.3 Å². The lowest BCUT2D eigenvalue weighted by molar-refractivity contribution is -0.116. The normalized spacial score (nSPS) is 17.5. The predicted molar refractivity (Wildman–Crippen MR) is 115 cm³/mol. The molecule has 2 unspecified atom stereocenters. The summed E-state index contributed by atoms with van der Waals surface area (Å²) in [6.45, 7) is 1.16. The van der Waals surface area contributed by atoms with E-state index in [9.17, 15) is 9.18 Å². The maximum Gasteiger partial charge on any atom is 0.225 e. The molecule has 2 aromatic carbocycles. The molecule has 7 heteroatoms. The summed E-state index contributed by atoms with van der Waals surface area (Å²) in [6.07, 6.45) is 0.435. The molecule has 0 saturated carbocycles. The zero-order chi connectivity index (χ0) is 20.8. The maximum atomic E-state index is 13.6. The van der Waals surface area contributed by atoms with Crippen LogP contribution in [0.1, 0.15) is 29.5 Å². The van der Waals surface area contributed by atoms with E-state index >= 15 is 0 Å². The molecule has 154 valence electrons. The van der Waals surface area contributed by atoms with Crippen LogP contribution < -0.4 is 16.0 Å². The lowest BCUT2D eigenvalue weighted by atomic mass is 9.90. The first-order valence-corrected chi connectivity index (χ1v) is 9.73. The average Bonchev–Trinajstić information content (AvgIpc) is 2.70. The highest BCUT2D eigenvalue weighted by Gasteiger charge is 2.25. The maximum absolute atomic E-state index is 13.6. The van der Waals surface area contributed by atoms with Crippen LogP contribution in [0.25, 0.3) is 0 Å². The molecule has 2 atom stereocenters. The summed E-state index contributed by atoms with van der Waals surface area (Å²) in [4.78, 5) is 18.3. The number of hydrogen-bond acceptors (Lipinski definition) is 3. The second-order valence-electron chi connectivity index (χ2n) is 7.40. The Morgan fingerprint density at radius 1 is 1.24 bits per heavy atom. The zero-order valence-electron chi connectivity index (χ0n) is 17.1. The third-order valence-electron chi connectivity index (χ3n) is 5.17. The van der Waals surface area contributed by atoms with Crippen LogP contribution in [0.15, 0.2) is 53.5 Å². The second-order valence-corrected chi connectivity index (χ2v) is 7.40. The summed E-state index contributed by atoms with van der Waals surface area (Å²) in [6, 6.07) is 14.5. The molecule has 0 spiro atoms. The van der Waals surface area contributed by atoms with Crippen LogP contribution in [0.5, 0.6) is 0 Å². The number of halogens is 1. The van der Waals surface area contributed by atoms with Crippen LogP contribution in [0, 0.1) is 5.82 Å². The summed E-state index contributed by atoms with van der Waals surface area (Å²) in [5.41, 5.74) is 2.90. The molecule has 1 aliphatic heterocycles. The lowest BCUT2D eigenvalue weighted by Crippen LogP contribution is -2.43. The van der Waals surface area contributed by atoms with Crippen molar-refractivity contribution < 1.29 is 9.18 Å². The molecule has 1 amide bonds. The smallest absolute Gasteiger partial charge is 0.225 e. The molecule has 0 radical (unpaired) electrons. The Morgan fingerprint density at radius 3 is 2.76 bits per heavy atom. The van der Waals surface area contributed by atoms with Crippen molar-refractivity contribution in [1.82, 2.24) is 15.5 Å². The Hall–Kier alpha value is -2.93. The minimum absolute atomic E-state index is 0.00886. The molecule has 0 aromatic heterocycles. The van der Waals surface area contributed by atoms with Crippen molar-refractivity contribution >= 4 is 17.6 Å². The van der Waals surface area contributed by atoms with Crippen molar-refractivity contribution in [1.29, 1.82) is 0 Å². The number of carbonyl (C=O) groups is 1. The minimum Gasteiger partial charge on any atom is -0.356 e. The summed E-state index contributed by atoms with van der Waals surface area (Å²) in [7, 11) is 5.64. The minimum atomic E-state index is -0.244. The van der Waals surface area contributed by atoms with Crippen LogP contribution in [-0.2, 0) is 4.79 Å². The third kappa shape index (κ3) is 5.32. The van der Waals surface area contributed by atoms with E-state index in [2.05, 4.69) is 20.9 Å². The Kier molecular flexibility index (Phi) is 6.82. The van der Waals surface area contributed by atoms with E-state index < -0.39 is 0 Å². The van der Waals surface area contributed by atoms with Gasteiger partial charge < -0.3 is 20.9 Å². The third-order valence-corrected chi connectivity index (χ3v) is 5.17. The van der Waals surface area contributed by atoms with Crippen molar-refractivity contribution in [2.24, 2.45) is 4.99 Å². The number of fused-ring (bicyclic) bond motifs is 1. The summed E-state index contributed by atoms with van der Waals surface area (Å²) in [5, 5.41) is 9.56. The molecule has 0 bridgehead atoms. The molecule has 0 aliphatic carbocycles. The fourth-order valence-electron chi connectivity index (χ4n) is 3.63. The first-order chi connectivity index (χ1) is 14.0. The fourth-order valence-corrected chi connectivity index (χ4v) is 3.63. The Morgan fingerprint density at radius 2 is 2.03 bits per heavy atom. The number of hydrogen-bond donors (Lipinski definition) is 3. The molecular formula is C22H28FN5O. The average molecular weight is 397 g/mol. The Balaban J connectivity index is 1.62. The highest BCUT2D eigenvalue weighted by Crippen LogP contribution is 2.31. The van der Waals surface area contributed by atoms with E-state index in [4.69, 9.17) is 0 Å². The number of likely N-dealkylation sites (N-methyl/N-ethyl adjacent to an activating group) is 1. The molecule has 2 aromatic rings. The van der Waals surface area contributed by atoms with Gasteiger partial charge in [-0.15, -0.1) is 0 Å². The van der Waals surface area contributed by atoms with Crippen LogP contribution in [-0.4, -0.2) is 51.0 Å². The number of nitrogens with zero attached hydrogens (tertiary/aromatic N) is 2. The first kappa shape index (κ1) is 20.8. The van der Waals surface area contributed by atoms with Gasteiger partial charge in [0.15, 0.2) is 5.96 Å². The molecule has 6 nitrogen and oxygen atoms in total. The van der Waals surface area contributed by atoms with Gasteiger partial charge in [0.2, 0.25) is 5.91 Å². The van der Waals surface area contributed by atoms with Gasteiger partial charge in [0, 0.05) is 38.2 Å². The number of para-hydroxylation sites is 1. The van der Waals surface area contributed by atoms with Gasteiger partial charge in [0.05, 0.1) is 6.04 Å². The van der Waals surface area contributed by atoms with Crippen LogP contribution in [0.2, 0.25) is 0 Å². The lowest BCUT2D eigenvalue weighted by Gasteiger charge is -2.28. The SMILES string of the molecule is CN=C(NCC1CC(=O)Nc2ccccc21)NCC(c1cccc(F)c1)N(C)C. The molecule has 0 fully saturated rings. The van der Waals surface area contributed by atoms with Crippen LogP contribution in [0.3, 0.4) is 0 Å². The number of anilines is 1. The van der Waals surface area contributed by atoms with Gasteiger partial charge in [-0.3, -0.25) is 9.79 Å². The second kappa shape index (κ2) is 9.52. The highest BCUT2D eigenvalue weighted by atomic mass is 19.1. The number of nitrogens with one attached hydrogen (secondary N) is 3. The molecular weight excluding hydrogens is 369 g/mol. The van der Waals surface area contributed by atoms with Crippen molar-refractivity contribution in [2.75, 3.05) is 39.5 Å². The van der Waals surface area contributed by atoms with Gasteiger partial charge in [-0.2, -0.15) is 0 Å². The number of benzene rings is 2. The van der Waals surface area contributed by atoms with E-state index in [1.54, 1.807) is 19.2 Å². The number of rotatable bonds is 6. The topological polar surface area (TPSA) is 68.8 Å². The Bertz CT molecular complexity index is 883. The van der Waals surface area contributed by atoms with Crippen LogP contribution in [0.4, 0.5) is 10.1 Å².